The zero-order chi connectivity index (χ0) is 9.19. The van der Waals surface area contributed by atoms with Crippen LogP contribution in [0, 0.1) is 0 Å². The van der Waals surface area contributed by atoms with Gasteiger partial charge in [0.25, 0.3) is 0 Å². The van der Waals surface area contributed by atoms with E-state index in [1.54, 1.807) is 10.9 Å². The van der Waals surface area contributed by atoms with Crippen molar-refractivity contribution in [2.45, 2.75) is 18.9 Å². The first-order valence-electron chi connectivity index (χ1n) is 3.35. The van der Waals surface area contributed by atoms with Crippen molar-refractivity contribution in [3.8, 4) is 0 Å². The lowest BCUT2D eigenvalue weighted by Gasteiger charge is -2.15. The molecular formula is C7H9NO3S. The van der Waals surface area contributed by atoms with Crippen molar-refractivity contribution in [3.05, 3.63) is 16.6 Å². The van der Waals surface area contributed by atoms with Gasteiger partial charge in [0.15, 0.2) is 5.60 Å². The van der Waals surface area contributed by atoms with E-state index in [0.29, 0.717) is 5.69 Å². The summed E-state index contributed by atoms with van der Waals surface area (Å²) in [6.07, 6.45) is 0.0475. The number of hydrogen-bond donors (Lipinski definition) is 2. The average Bonchev–Trinajstić information content (AvgIpc) is 2.38. The molecule has 0 saturated heterocycles. The van der Waals surface area contributed by atoms with Crippen LogP contribution in [-0.4, -0.2) is 26.8 Å². The number of aromatic nitrogens is 1. The van der Waals surface area contributed by atoms with Gasteiger partial charge in [0.2, 0.25) is 0 Å². The molecule has 12 heavy (non-hydrogen) atoms. The number of aliphatic hydroxyl groups is 1. The van der Waals surface area contributed by atoms with Crippen LogP contribution in [0.1, 0.15) is 12.6 Å². The summed E-state index contributed by atoms with van der Waals surface area (Å²) in [4.78, 5) is 14.4. The number of aliphatic carboxylic acids is 1. The molecule has 0 aliphatic carbocycles. The van der Waals surface area contributed by atoms with Crippen molar-refractivity contribution in [1.29, 1.82) is 0 Å². The third kappa shape index (κ3) is 2.02. The Morgan fingerprint density at radius 1 is 1.83 bits per heavy atom. The molecule has 0 radical (unpaired) electrons. The lowest BCUT2D eigenvalue weighted by molar-refractivity contribution is -0.156. The molecule has 1 aromatic heterocycles. The topological polar surface area (TPSA) is 70.4 Å². The minimum atomic E-state index is -1.71. The van der Waals surface area contributed by atoms with Crippen LogP contribution >= 0.6 is 11.3 Å². The normalized spacial score (nSPS) is 15.5. The van der Waals surface area contributed by atoms with Crippen LogP contribution in [-0.2, 0) is 11.2 Å². The summed E-state index contributed by atoms with van der Waals surface area (Å²) in [5.74, 6) is -1.23. The third-order valence-corrected chi connectivity index (χ3v) is 2.10. The highest BCUT2D eigenvalue weighted by atomic mass is 32.1. The van der Waals surface area contributed by atoms with Crippen molar-refractivity contribution >= 4 is 17.3 Å². The van der Waals surface area contributed by atoms with Gasteiger partial charge < -0.3 is 10.2 Å². The molecule has 1 unspecified atom stereocenters. The van der Waals surface area contributed by atoms with Gasteiger partial charge >= 0.3 is 5.97 Å². The molecule has 0 saturated carbocycles. The Labute approximate surface area is 73.5 Å². The van der Waals surface area contributed by atoms with Crippen LogP contribution in [0.3, 0.4) is 0 Å². The van der Waals surface area contributed by atoms with E-state index in [-0.39, 0.29) is 6.42 Å². The highest BCUT2D eigenvalue weighted by Gasteiger charge is 2.30. The number of hydrogen-bond acceptors (Lipinski definition) is 4. The smallest absolute Gasteiger partial charge is 0.335 e. The second-order valence-corrected chi connectivity index (χ2v) is 3.45. The first-order valence-corrected chi connectivity index (χ1v) is 4.29. The number of rotatable bonds is 3. The molecule has 1 aromatic rings. The van der Waals surface area contributed by atoms with Gasteiger partial charge in [0, 0.05) is 11.8 Å². The largest absolute Gasteiger partial charge is 0.479 e. The zero-order valence-corrected chi connectivity index (χ0v) is 7.34. The molecule has 0 bridgehead atoms. The quantitative estimate of drug-likeness (QED) is 0.723. The van der Waals surface area contributed by atoms with E-state index in [2.05, 4.69) is 4.98 Å². The predicted molar refractivity (Wildman–Crippen MR) is 44.1 cm³/mol. The molecule has 4 nitrogen and oxygen atoms in total. The van der Waals surface area contributed by atoms with E-state index < -0.39 is 11.6 Å². The van der Waals surface area contributed by atoms with Crippen LogP contribution in [0.15, 0.2) is 10.9 Å². The van der Waals surface area contributed by atoms with Gasteiger partial charge in [-0.05, 0) is 6.92 Å². The van der Waals surface area contributed by atoms with Crippen LogP contribution in [0.2, 0.25) is 0 Å². The maximum Gasteiger partial charge on any atom is 0.335 e. The van der Waals surface area contributed by atoms with Crippen LogP contribution in [0.4, 0.5) is 0 Å². The first-order chi connectivity index (χ1) is 5.52. The third-order valence-electron chi connectivity index (χ3n) is 1.47. The Morgan fingerprint density at radius 2 is 2.50 bits per heavy atom. The molecule has 0 fully saturated rings. The van der Waals surface area contributed by atoms with Crippen LogP contribution in [0.5, 0.6) is 0 Å². The van der Waals surface area contributed by atoms with E-state index in [1.807, 2.05) is 0 Å². The van der Waals surface area contributed by atoms with E-state index in [0.717, 1.165) is 0 Å². The predicted octanol–water partition coefficient (Wildman–Crippen LogP) is 0.521. The monoisotopic (exact) mass is 187 g/mol. The number of carboxylic acids is 1. The molecule has 0 aliphatic rings. The van der Waals surface area contributed by atoms with E-state index in [9.17, 15) is 9.90 Å². The molecule has 1 atom stereocenters. The minimum absolute atomic E-state index is 0.0475. The second kappa shape index (κ2) is 3.20. The van der Waals surface area contributed by atoms with E-state index in [4.69, 9.17) is 5.11 Å². The maximum absolute atomic E-state index is 10.5. The summed E-state index contributed by atoms with van der Waals surface area (Å²) in [5.41, 5.74) is 0.494. The first kappa shape index (κ1) is 9.15. The molecule has 2 N–H and O–H groups in total. The van der Waals surface area contributed by atoms with Crippen LogP contribution in [0.25, 0.3) is 0 Å². The fourth-order valence-corrected chi connectivity index (χ4v) is 1.31. The van der Waals surface area contributed by atoms with Crippen molar-refractivity contribution in [3.63, 3.8) is 0 Å². The summed E-state index contributed by atoms with van der Waals surface area (Å²) in [7, 11) is 0. The Hall–Kier alpha value is -0.940. The summed E-state index contributed by atoms with van der Waals surface area (Å²) in [5, 5.41) is 19.6. The number of nitrogens with zero attached hydrogens (tertiary/aromatic N) is 1. The standard InChI is InChI=1S/C7H9NO3S/c1-7(11,6(9)10)2-5-3-12-4-8-5/h3-4,11H,2H2,1H3,(H,9,10). The molecule has 66 valence electrons. The second-order valence-electron chi connectivity index (χ2n) is 2.74. The number of carbonyl (C=O) groups is 1. The van der Waals surface area contributed by atoms with Crippen molar-refractivity contribution in [2.75, 3.05) is 0 Å². The highest BCUT2D eigenvalue weighted by Crippen LogP contribution is 2.12. The zero-order valence-electron chi connectivity index (χ0n) is 6.52. The molecule has 0 aromatic carbocycles. The highest BCUT2D eigenvalue weighted by molar-refractivity contribution is 7.07. The Kier molecular flexibility index (Phi) is 2.44. The van der Waals surface area contributed by atoms with Gasteiger partial charge in [-0.3, -0.25) is 0 Å². The molecule has 0 aliphatic heterocycles. The number of thiazole rings is 1. The van der Waals surface area contributed by atoms with Gasteiger partial charge in [0.1, 0.15) is 0 Å². The van der Waals surface area contributed by atoms with E-state index >= 15 is 0 Å². The molecule has 0 spiro atoms. The van der Waals surface area contributed by atoms with Gasteiger partial charge in [-0.2, -0.15) is 0 Å². The molecule has 1 rings (SSSR count). The minimum Gasteiger partial charge on any atom is -0.479 e. The molecule has 0 amide bonds. The van der Waals surface area contributed by atoms with Gasteiger partial charge in [0.05, 0.1) is 11.2 Å². The molecule has 1 heterocycles. The molecular weight excluding hydrogens is 178 g/mol. The van der Waals surface area contributed by atoms with Gasteiger partial charge in [-0.15, -0.1) is 11.3 Å². The van der Waals surface area contributed by atoms with Crippen molar-refractivity contribution in [2.24, 2.45) is 0 Å². The Bertz CT molecular complexity index is 268. The van der Waals surface area contributed by atoms with E-state index in [1.165, 1.54) is 18.3 Å². The van der Waals surface area contributed by atoms with Crippen molar-refractivity contribution in [1.82, 2.24) is 4.98 Å². The lowest BCUT2D eigenvalue weighted by Crippen LogP contribution is -2.37. The van der Waals surface area contributed by atoms with Gasteiger partial charge in [-0.25, -0.2) is 9.78 Å². The fourth-order valence-electron chi connectivity index (χ4n) is 0.753. The Balaban J connectivity index is 2.69. The average molecular weight is 187 g/mol. The number of carboxylic acid groups (broad SMARTS) is 1. The molecule has 5 heteroatoms. The Morgan fingerprint density at radius 3 is 2.92 bits per heavy atom. The van der Waals surface area contributed by atoms with Crippen LogP contribution < -0.4 is 0 Å². The SMILES string of the molecule is CC(O)(Cc1cscn1)C(=O)O. The maximum atomic E-state index is 10.5. The van der Waals surface area contributed by atoms with Gasteiger partial charge in [-0.1, -0.05) is 0 Å². The summed E-state index contributed by atoms with van der Waals surface area (Å²) >= 11 is 1.38. The van der Waals surface area contributed by atoms with Crippen molar-refractivity contribution < 1.29 is 15.0 Å². The summed E-state index contributed by atoms with van der Waals surface area (Å²) < 4.78 is 0. The lowest BCUT2D eigenvalue weighted by atomic mass is 10.0. The summed E-state index contributed by atoms with van der Waals surface area (Å²) in [6.45, 7) is 1.26. The fraction of sp³-hybridized carbons (Fsp3) is 0.429. The summed E-state index contributed by atoms with van der Waals surface area (Å²) in [6, 6.07) is 0.